The molecule has 3 rings (SSSR count). The zero-order chi connectivity index (χ0) is 18.5. The van der Waals surface area contributed by atoms with Crippen LogP contribution in [0.4, 0.5) is 22.0 Å². The summed E-state index contributed by atoms with van der Waals surface area (Å²) in [4.78, 5) is 14.0. The summed E-state index contributed by atoms with van der Waals surface area (Å²) < 4.78 is 13.3. The van der Waals surface area contributed by atoms with E-state index >= 15 is 0 Å². The Morgan fingerprint density at radius 1 is 1.04 bits per heavy atom. The van der Waals surface area contributed by atoms with Crippen molar-refractivity contribution in [1.29, 1.82) is 0 Å². The topological polar surface area (TPSA) is 81.2 Å². The van der Waals surface area contributed by atoms with E-state index in [2.05, 4.69) is 20.3 Å². The van der Waals surface area contributed by atoms with Crippen LogP contribution < -0.4 is 16.0 Å². The molecule has 6 nitrogen and oxygen atoms in total. The molecule has 0 radical (unpaired) electrons. The quantitative estimate of drug-likeness (QED) is 0.630. The second kappa shape index (κ2) is 7.88. The maximum Gasteiger partial charge on any atom is 0.232 e. The molecule has 4 N–H and O–H groups in total. The molecule has 0 spiro atoms. The lowest BCUT2D eigenvalue weighted by atomic mass is 10.2. The number of nitrogen functional groups attached to an aromatic ring is 1. The Morgan fingerprint density at radius 2 is 1.85 bits per heavy atom. The van der Waals surface area contributed by atoms with Crippen LogP contribution in [0, 0.1) is 12.7 Å². The number of halogens is 1. The molecule has 2 aromatic carbocycles. The van der Waals surface area contributed by atoms with Crippen molar-refractivity contribution in [3.05, 3.63) is 71.3 Å². The van der Waals surface area contributed by atoms with Gasteiger partial charge in [-0.2, -0.15) is 15.0 Å². The van der Waals surface area contributed by atoms with E-state index in [0.717, 1.165) is 21.7 Å². The second-order valence-electron chi connectivity index (χ2n) is 6.31. The van der Waals surface area contributed by atoms with E-state index in [-0.39, 0.29) is 11.8 Å². The number of aromatic nitrogens is 3. The first kappa shape index (κ1) is 17.8. The molecule has 0 saturated carbocycles. The minimum atomic E-state index is -0.232. The zero-order valence-corrected chi connectivity index (χ0v) is 14.8. The van der Waals surface area contributed by atoms with Gasteiger partial charge >= 0.3 is 0 Å². The van der Waals surface area contributed by atoms with Crippen LogP contribution in [-0.4, -0.2) is 22.0 Å². The predicted molar refractivity (Wildman–Crippen MR) is 99.4 cm³/mol. The molecule has 7 heteroatoms. The van der Waals surface area contributed by atoms with Gasteiger partial charge in [-0.05, 0) is 30.7 Å². The summed E-state index contributed by atoms with van der Waals surface area (Å²) in [7, 11) is 2.00. The summed E-state index contributed by atoms with van der Waals surface area (Å²) in [6, 6.07) is 14.5. The summed E-state index contributed by atoms with van der Waals surface area (Å²) in [5.74, 6) is 0.942. The Hall–Kier alpha value is -3.06. The smallest absolute Gasteiger partial charge is 0.232 e. The molecule has 0 bridgehead atoms. The first-order valence-corrected chi connectivity index (χ1v) is 8.38. The first-order chi connectivity index (χ1) is 12.5. The zero-order valence-electron chi connectivity index (χ0n) is 14.8. The van der Waals surface area contributed by atoms with Crippen LogP contribution in [0.2, 0.25) is 0 Å². The van der Waals surface area contributed by atoms with Crippen molar-refractivity contribution < 1.29 is 9.29 Å². The van der Waals surface area contributed by atoms with Gasteiger partial charge in [0, 0.05) is 11.3 Å². The lowest BCUT2D eigenvalue weighted by molar-refractivity contribution is -0.908. The van der Waals surface area contributed by atoms with Gasteiger partial charge in [0.05, 0.1) is 7.05 Å². The van der Waals surface area contributed by atoms with Crippen molar-refractivity contribution in [2.45, 2.75) is 20.0 Å². The molecule has 0 saturated heterocycles. The highest BCUT2D eigenvalue weighted by atomic mass is 19.1. The molecule has 0 aliphatic rings. The molecule has 1 atom stereocenters. The van der Waals surface area contributed by atoms with Crippen LogP contribution in [0.15, 0.2) is 48.5 Å². The van der Waals surface area contributed by atoms with Gasteiger partial charge in [0.2, 0.25) is 11.9 Å². The van der Waals surface area contributed by atoms with Crippen molar-refractivity contribution in [2.75, 3.05) is 18.1 Å². The van der Waals surface area contributed by atoms with Crippen molar-refractivity contribution in [3.8, 4) is 0 Å². The Kier molecular flexibility index (Phi) is 5.38. The van der Waals surface area contributed by atoms with E-state index in [4.69, 9.17) is 5.73 Å². The number of rotatable bonds is 6. The number of quaternary nitrogens is 1. The number of nitrogens with zero attached hydrogens (tertiary/aromatic N) is 3. The number of hydrogen-bond donors (Lipinski definition) is 3. The molecule has 0 aliphatic carbocycles. The van der Waals surface area contributed by atoms with Gasteiger partial charge < -0.3 is 16.0 Å². The van der Waals surface area contributed by atoms with Crippen LogP contribution in [0.5, 0.6) is 0 Å². The maximum absolute atomic E-state index is 13.3. The number of aryl methyl sites for hydroxylation is 1. The van der Waals surface area contributed by atoms with Crippen LogP contribution in [0.1, 0.15) is 17.0 Å². The highest BCUT2D eigenvalue weighted by Crippen LogP contribution is 2.17. The molecule has 0 amide bonds. The fraction of sp³-hybridized carbons (Fsp3) is 0.211. The van der Waals surface area contributed by atoms with Crippen molar-refractivity contribution in [1.82, 2.24) is 15.0 Å². The van der Waals surface area contributed by atoms with Gasteiger partial charge in [-0.25, -0.2) is 4.39 Å². The molecule has 0 aliphatic heterocycles. The van der Waals surface area contributed by atoms with E-state index in [1.54, 1.807) is 6.07 Å². The van der Waals surface area contributed by atoms with E-state index in [9.17, 15) is 4.39 Å². The van der Waals surface area contributed by atoms with E-state index in [0.29, 0.717) is 24.9 Å². The lowest BCUT2D eigenvalue weighted by Crippen LogP contribution is -3.06. The largest absolute Gasteiger partial charge is 0.368 e. The average molecular weight is 353 g/mol. The van der Waals surface area contributed by atoms with Crippen LogP contribution in [0.3, 0.4) is 0 Å². The minimum absolute atomic E-state index is 0.171. The van der Waals surface area contributed by atoms with Crippen LogP contribution in [-0.2, 0) is 13.1 Å². The summed E-state index contributed by atoms with van der Waals surface area (Å²) in [6.07, 6.45) is 0. The van der Waals surface area contributed by atoms with Crippen molar-refractivity contribution >= 4 is 17.6 Å². The van der Waals surface area contributed by atoms with Gasteiger partial charge in [-0.3, -0.25) is 0 Å². The minimum Gasteiger partial charge on any atom is -0.368 e. The third-order valence-corrected chi connectivity index (χ3v) is 3.95. The van der Waals surface area contributed by atoms with Crippen LogP contribution in [0.25, 0.3) is 0 Å². The number of benzene rings is 2. The third kappa shape index (κ3) is 4.73. The van der Waals surface area contributed by atoms with Crippen molar-refractivity contribution in [3.63, 3.8) is 0 Å². The normalized spacial score (nSPS) is 12.0. The number of hydrogen-bond acceptors (Lipinski definition) is 5. The summed E-state index contributed by atoms with van der Waals surface area (Å²) in [6.45, 7) is 3.21. The lowest BCUT2D eigenvalue weighted by Gasteiger charge is -2.14. The summed E-state index contributed by atoms with van der Waals surface area (Å²) in [5, 5.41) is 3.18. The third-order valence-electron chi connectivity index (χ3n) is 3.95. The molecule has 3 aromatic rings. The molecule has 1 heterocycles. The fourth-order valence-electron chi connectivity index (χ4n) is 2.73. The SMILES string of the molecule is Cc1ccccc1Nc1nc(N)nc(C[NH+](C)Cc2cccc(F)c2)n1. The highest BCUT2D eigenvalue weighted by Gasteiger charge is 2.12. The Balaban J connectivity index is 1.72. The first-order valence-electron chi connectivity index (χ1n) is 8.38. The van der Waals surface area contributed by atoms with Gasteiger partial charge in [-0.1, -0.05) is 30.3 Å². The van der Waals surface area contributed by atoms with Gasteiger partial charge in [0.25, 0.3) is 0 Å². The molecule has 1 aromatic heterocycles. The van der Waals surface area contributed by atoms with Crippen molar-refractivity contribution in [2.24, 2.45) is 0 Å². The standard InChI is InChI=1S/C19H21FN6/c1-13-6-3-4-9-16(13)22-19-24-17(23-18(21)25-19)12-26(2)11-14-7-5-8-15(20)10-14/h3-10H,11-12H2,1-2H3,(H3,21,22,23,24,25)/p+1. The Morgan fingerprint density at radius 3 is 2.62 bits per heavy atom. The Labute approximate surface area is 151 Å². The predicted octanol–water partition coefficient (Wildman–Crippen LogP) is 1.86. The van der Waals surface area contributed by atoms with Gasteiger partial charge in [-0.15, -0.1) is 0 Å². The Bertz CT molecular complexity index is 899. The summed E-state index contributed by atoms with van der Waals surface area (Å²) >= 11 is 0. The van der Waals surface area contributed by atoms with Gasteiger partial charge in [0.15, 0.2) is 5.82 Å². The average Bonchev–Trinajstić information content (AvgIpc) is 2.56. The highest BCUT2D eigenvalue weighted by molar-refractivity contribution is 5.58. The van der Waals surface area contributed by atoms with E-state index in [1.165, 1.54) is 12.1 Å². The molecule has 1 unspecified atom stereocenters. The van der Waals surface area contributed by atoms with E-state index in [1.807, 2.05) is 44.3 Å². The molecule has 26 heavy (non-hydrogen) atoms. The molecular weight excluding hydrogens is 331 g/mol. The fourth-order valence-corrected chi connectivity index (χ4v) is 2.73. The number of nitrogens with two attached hydrogens (primary N) is 1. The van der Waals surface area contributed by atoms with Crippen LogP contribution >= 0.6 is 0 Å². The number of nitrogens with one attached hydrogen (secondary N) is 2. The van der Waals surface area contributed by atoms with Gasteiger partial charge in [0.1, 0.15) is 18.9 Å². The number of anilines is 3. The maximum atomic E-state index is 13.3. The molecule has 0 fully saturated rings. The van der Waals surface area contributed by atoms with E-state index < -0.39 is 0 Å². The second-order valence-corrected chi connectivity index (χ2v) is 6.31. The molecular formula is C19H22FN6+. The summed E-state index contributed by atoms with van der Waals surface area (Å²) in [5.41, 5.74) is 8.76. The monoisotopic (exact) mass is 353 g/mol. The number of para-hydroxylation sites is 1. The molecule has 134 valence electrons.